The van der Waals surface area contributed by atoms with Gasteiger partial charge >= 0.3 is 0 Å². The van der Waals surface area contributed by atoms with Crippen molar-refractivity contribution in [3.05, 3.63) is 0 Å². The van der Waals surface area contributed by atoms with Gasteiger partial charge in [0.05, 0.1) is 0 Å². The van der Waals surface area contributed by atoms with Crippen molar-refractivity contribution in [2.24, 2.45) is 0 Å². The Bertz CT molecular complexity index is 29.0. The zero-order chi connectivity index (χ0) is 3.58. The molecule has 4 heavy (non-hydrogen) atoms. The zero-order valence-corrected chi connectivity index (χ0v) is 4.44. The second kappa shape index (κ2) is 1.69. The maximum absolute atomic E-state index is 9.43. The molecule has 0 aromatic heterocycles. The molecule has 0 rings (SSSR count). The van der Waals surface area contributed by atoms with Gasteiger partial charge in [-0.05, 0) is 22.6 Å². The van der Waals surface area contributed by atoms with Gasteiger partial charge in [-0.3, -0.25) is 4.79 Å². The summed E-state index contributed by atoms with van der Waals surface area (Å²) in [5.74, 6) is 0. The summed E-state index contributed by atoms with van der Waals surface area (Å²) in [6.07, 6.45) is 0. The molecule has 0 amide bonds. The lowest BCUT2D eigenvalue weighted by atomic mass is 10.3. The van der Waals surface area contributed by atoms with E-state index in [9.17, 15) is 4.79 Å². The predicted octanol–water partition coefficient (Wildman–Crippen LogP) is 0.968. The Balaban J connectivity index is 2.80. The fourth-order valence-corrected chi connectivity index (χ4v) is 0. The fourth-order valence-electron chi connectivity index (χ4n) is 0. The van der Waals surface area contributed by atoms with Crippen molar-refractivity contribution in [3.63, 3.8) is 0 Å². The van der Waals surface area contributed by atoms with Crippen molar-refractivity contribution >= 4 is 26.4 Å². The van der Waals surface area contributed by atoms with Crippen LogP contribution in [0.1, 0.15) is 6.92 Å². The normalized spacial score (nSPS) is 6.50. The van der Waals surface area contributed by atoms with Crippen LogP contribution in [0.3, 0.4) is 0 Å². The molecular weight excluding hydrogens is 166 g/mol. The summed E-state index contributed by atoms with van der Waals surface area (Å²) in [6.45, 7) is 1.51. The number of rotatable bonds is 0. The highest BCUT2D eigenvalue weighted by Crippen LogP contribution is 1.76. The van der Waals surface area contributed by atoms with Crippen LogP contribution in [0.2, 0.25) is 0 Å². The Kier molecular flexibility index (Phi) is 1.86. The molecule has 0 aromatic rings. The summed E-state index contributed by atoms with van der Waals surface area (Å²) >= 11 is 1.70. The molecule has 0 aromatic carbocycles. The van der Waals surface area contributed by atoms with Gasteiger partial charge < -0.3 is 0 Å². The summed E-state index contributed by atoms with van der Waals surface area (Å²) < 4.78 is 0.137. The first-order valence-electron chi connectivity index (χ1n) is 0.893. The maximum Gasteiger partial charge on any atom is 0.189 e. The summed E-state index contributed by atoms with van der Waals surface area (Å²) in [7, 11) is 0. The first-order valence-corrected chi connectivity index (χ1v) is 1.97. The first kappa shape index (κ1) is 4.40. The van der Waals surface area contributed by atoms with Crippen LogP contribution < -0.4 is 0 Å². The Morgan fingerprint density at radius 2 is 2.00 bits per heavy atom. The average molecular weight is 169 g/mol. The van der Waals surface area contributed by atoms with Gasteiger partial charge in [-0.25, -0.2) is 0 Å². The number of carbonyl (C=O) groups is 1. The van der Waals surface area contributed by atoms with Crippen molar-refractivity contribution in [2.75, 3.05) is 0 Å². The molecule has 0 spiro atoms. The van der Waals surface area contributed by atoms with E-state index in [-0.39, 0.29) is 3.79 Å². The van der Waals surface area contributed by atoms with Crippen molar-refractivity contribution in [3.8, 4) is 0 Å². The van der Waals surface area contributed by atoms with Crippen LogP contribution in [0, 0.1) is 0 Å². The van der Waals surface area contributed by atoms with E-state index in [0.29, 0.717) is 0 Å². The molecule has 0 N–H and O–H groups in total. The molecule has 0 aliphatic rings. The van der Waals surface area contributed by atoms with E-state index in [1.165, 1.54) is 6.92 Å². The third kappa shape index (κ3) is 29.4. The third-order valence-electron chi connectivity index (χ3n) is 0. The first-order chi connectivity index (χ1) is 1.73. The van der Waals surface area contributed by atoms with Gasteiger partial charge in [0.2, 0.25) is 0 Å². The molecule has 0 heterocycles. The quantitative estimate of drug-likeness (QED) is 0.390. The summed E-state index contributed by atoms with van der Waals surface area (Å²) in [6, 6.07) is 0. The monoisotopic (exact) mass is 169 g/mol. The van der Waals surface area contributed by atoms with Crippen LogP contribution in [0.25, 0.3) is 0 Å². The topological polar surface area (TPSA) is 17.1 Å². The molecule has 0 aliphatic carbocycles. The van der Waals surface area contributed by atoms with Crippen LogP contribution in [-0.2, 0) is 4.79 Å². The Morgan fingerprint density at radius 1 is 2.00 bits per heavy atom. The van der Waals surface area contributed by atoms with Gasteiger partial charge in [-0.15, -0.1) is 0 Å². The summed E-state index contributed by atoms with van der Waals surface area (Å²) in [5.41, 5.74) is 0. The van der Waals surface area contributed by atoms with Crippen LogP contribution in [0.4, 0.5) is 0 Å². The molecule has 1 nitrogen and oxygen atoms in total. The van der Waals surface area contributed by atoms with Crippen LogP contribution in [-0.4, -0.2) is 3.79 Å². The second-order valence-electron chi connectivity index (χ2n) is 0.470. The average Bonchev–Trinajstić information content (AvgIpc) is 0.811. The molecule has 24 valence electrons. The van der Waals surface area contributed by atoms with Crippen molar-refractivity contribution in [2.45, 2.75) is 6.92 Å². The van der Waals surface area contributed by atoms with Gasteiger partial charge in [0.25, 0.3) is 0 Å². The predicted molar refractivity (Wildman–Crippen MR) is 24.7 cm³/mol. The Hall–Kier alpha value is 0.400. The van der Waals surface area contributed by atoms with Gasteiger partial charge in [0.15, 0.2) is 3.79 Å². The highest BCUT2D eigenvalue weighted by molar-refractivity contribution is 14.1. The minimum absolute atomic E-state index is 0.137. The lowest BCUT2D eigenvalue weighted by molar-refractivity contribution is -0.107. The van der Waals surface area contributed by atoms with E-state index >= 15 is 0 Å². The van der Waals surface area contributed by atoms with E-state index in [0.717, 1.165) is 0 Å². The summed E-state index contributed by atoms with van der Waals surface area (Å²) in [4.78, 5) is 9.43. The minimum atomic E-state index is 0.137. The van der Waals surface area contributed by atoms with Gasteiger partial charge in [-0.1, -0.05) is 0 Å². The molecule has 0 radical (unpaired) electrons. The SMILES string of the molecule is C[11C](=O)I. The molecule has 0 fully saturated rings. The van der Waals surface area contributed by atoms with E-state index in [2.05, 4.69) is 0 Å². The smallest absolute Gasteiger partial charge is 0.189 e. The van der Waals surface area contributed by atoms with Crippen LogP contribution >= 0.6 is 22.6 Å². The highest BCUT2D eigenvalue weighted by Gasteiger charge is 1.66. The number of carbonyl (C=O) groups excluding carboxylic acids is 1. The lowest BCUT2D eigenvalue weighted by Gasteiger charge is -1.52. The van der Waals surface area contributed by atoms with Gasteiger partial charge in [-0.2, -0.15) is 0 Å². The Morgan fingerprint density at radius 3 is 2.00 bits per heavy atom. The molecule has 2 heteroatoms. The molecular formula is C2H3IO. The third-order valence-corrected chi connectivity index (χ3v) is 0. The van der Waals surface area contributed by atoms with E-state index < -0.39 is 0 Å². The number of hydrogen-bond donors (Lipinski definition) is 0. The molecule has 0 saturated heterocycles. The standard InChI is InChI=1S/C2H3IO/c1-2(3)4/h1H3/i2-1. The van der Waals surface area contributed by atoms with Crippen LogP contribution in [0.15, 0.2) is 0 Å². The maximum atomic E-state index is 9.43. The molecule has 0 unspecified atom stereocenters. The van der Waals surface area contributed by atoms with Gasteiger partial charge in [0, 0.05) is 6.92 Å². The van der Waals surface area contributed by atoms with Crippen molar-refractivity contribution < 1.29 is 4.79 Å². The number of halogens is 1. The minimum Gasteiger partial charge on any atom is -0.288 e. The Labute approximate surface area is 38.5 Å². The van der Waals surface area contributed by atoms with Crippen molar-refractivity contribution in [1.29, 1.82) is 0 Å². The molecule has 0 aliphatic heterocycles. The zero-order valence-electron chi connectivity index (χ0n) is 2.29. The van der Waals surface area contributed by atoms with Gasteiger partial charge in [0.1, 0.15) is 0 Å². The van der Waals surface area contributed by atoms with Crippen molar-refractivity contribution in [1.82, 2.24) is 0 Å². The van der Waals surface area contributed by atoms with E-state index in [1.807, 2.05) is 0 Å². The highest BCUT2D eigenvalue weighted by atomic mass is 127. The lowest BCUT2D eigenvalue weighted by Crippen LogP contribution is -1.60. The van der Waals surface area contributed by atoms with Crippen LogP contribution in [0.5, 0.6) is 0 Å². The van der Waals surface area contributed by atoms with E-state index in [1.54, 1.807) is 22.6 Å². The second-order valence-corrected chi connectivity index (χ2v) is 1.99. The molecule has 0 saturated carbocycles. The van der Waals surface area contributed by atoms with E-state index in [4.69, 9.17) is 0 Å². The summed E-state index contributed by atoms with van der Waals surface area (Å²) in [5, 5.41) is 0. The molecule has 0 atom stereocenters. The number of hydrogen-bond acceptors (Lipinski definition) is 1. The largest absolute Gasteiger partial charge is 0.288 e. The fraction of sp³-hybridized carbons (Fsp3) is 0.500. The molecule has 0 bridgehead atoms.